The Hall–Kier alpha value is -2.78. The lowest BCUT2D eigenvalue weighted by Crippen LogP contribution is -2.37. The third-order valence-electron chi connectivity index (χ3n) is 4.52. The fourth-order valence-electron chi connectivity index (χ4n) is 3.12. The maximum Gasteiger partial charge on any atom is 0.269 e. The first-order valence-corrected chi connectivity index (χ1v) is 10.0. The van der Waals surface area contributed by atoms with Crippen LogP contribution in [0.25, 0.3) is 10.6 Å². The summed E-state index contributed by atoms with van der Waals surface area (Å²) in [6.45, 7) is 5.21. The Balaban J connectivity index is 1.46. The standard InChI is InChI=1S/C19H22N6O2S/c1-13-10-18(25-5-7-27-8-6-25)22-17(21-13)12-20-19(26)15-11-14(23-24(15)2)16-4-3-9-28-16/h3-4,9-11H,5-8,12H2,1-2H3,(H,20,26). The van der Waals surface area contributed by atoms with Crippen molar-refractivity contribution in [2.45, 2.75) is 13.5 Å². The van der Waals surface area contributed by atoms with Gasteiger partial charge in [0.25, 0.3) is 5.91 Å². The quantitative estimate of drug-likeness (QED) is 0.708. The highest BCUT2D eigenvalue weighted by molar-refractivity contribution is 7.13. The zero-order valence-electron chi connectivity index (χ0n) is 15.9. The van der Waals surface area contributed by atoms with E-state index in [1.807, 2.05) is 30.5 Å². The topological polar surface area (TPSA) is 85.2 Å². The molecule has 1 N–H and O–H groups in total. The van der Waals surface area contributed by atoms with Crippen LogP contribution >= 0.6 is 11.3 Å². The van der Waals surface area contributed by atoms with Crippen molar-refractivity contribution < 1.29 is 9.53 Å². The minimum Gasteiger partial charge on any atom is -0.378 e. The Morgan fingerprint density at radius 1 is 1.29 bits per heavy atom. The predicted octanol–water partition coefficient (Wildman–Crippen LogP) is 2.01. The van der Waals surface area contributed by atoms with Gasteiger partial charge in [-0.05, 0) is 24.4 Å². The molecule has 0 atom stereocenters. The van der Waals surface area contributed by atoms with Gasteiger partial charge in [0.1, 0.15) is 23.0 Å². The summed E-state index contributed by atoms with van der Waals surface area (Å²) >= 11 is 1.60. The first-order chi connectivity index (χ1) is 13.6. The summed E-state index contributed by atoms with van der Waals surface area (Å²) in [5, 5.41) is 9.33. The van der Waals surface area contributed by atoms with Crippen molar-refractivity contribution >= 4 is 23.1 Å². The number of carbonyl (C=O) groups is 1. The van der Waals surface area contributed by atoms with Crippen LogP contribution in [0.1, 0.15) is 22.0 Å². The van der Waals surface area contributed by atoms with Crippen molar-refractivity contribution in [3.8, 4) is 10.6 Å². The Morgan fingerprint density at radius 3 is 2.86 bits per heavy atom. The molecule has 1 fully saturated rings. The van der Waals surface area contributed by atoms with E-state index in [1.54, 1.807) is 29.1 Å². The number of ether oxygens (including phenoxy) is 1. The van der Waals surface area contributed by atoms with Crippen LogP contribution in [0.15, 0.2) is 29.6 Å². The molecule has 0 bridgehead atoms. The van der Waals surface area contributed by atoms with Crippen molar-refractivity contribution in [2.75, 3.05) is 31.2 Å². The van der Waals surface area contributed by atoms with Gasteiger partial charge in [0.15, 0.2) is 0 Å². The maximum absolute atomic E-state index is 12.6. The Bertz CT molecular complexity index is 963. The number of anilines is 1. The fourth-order valence-corrected chi connectivity index (χ4v) is 3.80. The maximum atomic E-state index is 12.6. The number of rotatable bonds is 5. The normalized spacial score (nSPS) is 14.3. The molecule has 1 aliphatic rings. The minimum atomic E-state index is -0.198. The number of carbonyl (C=O) groups excluding carboxylic acids is 1. The van der Waals surface area contributed by atoms with Crippen LogP contribution in [0.5, 0.6) is 0 Å². The van der Waals surface area contributed by atoms with E-state index in [2.05, 4.69) is 25.3 Å². The largest absolute Gasteiger partial charge is 0.378 e. The van der Waals surface area contributed by atoms with Gasteiger partial charge in [-0.15, -0.1) is 11.3 Å². The Labute approximate surface area is 167 Å². The van der Waals surface area contributed by atoms with Crippen LogP contribution in [-0.4, -0.2) is 52.0 Å². The van der Waals surface area contributed by atoms with Gasteiger partial charge in [0, 0.05) is 31.9 Å². The number of nitrogens with one attached hydrogen (secondary N) is 1. The van der Waals surface area contributed by atoms with Crippen LogP contribution in [0.2, 0.25) is 0 Å². The molecule has 0 saturated carbocycles. The van der Waals surface area contributed by atoms with E-state index in [0.717, 1.165) is 35.2 Å². The molecule has 0 aromatic carbocycles. The summed E-state index contributed by atoms with van der Waals surface area (Å²) < 4.78 is 7.00. The molecular weight excluding hydrogens is 376 g/mol. The molecule has 0 radical (unpaired) electrons. The van der Waals surface area contributed by atoms with E-state index in [0.29, 0.717) is 24.7 Å². The highest BCUT2D eigenvalue weighted by atomic mass is 32.1. The molecule has 9 heteroatoms. The van der Waals surface area contributed by atoms with E-state index in [1.165, 1.54) is 0 Å². The molecule has 4 rings (SSSR count). The summed E-state index contributed by atoms with van der Waals surface area (Å²) in [5.41, 5.74) is 2.18. The first kappa shape index (κ1) is 18.6. The van der Waals surface area contributed by atoms with Crippen LogP contribution in [0, 0.1) is 6.92 Å². The number of hydrogen-bond acceptors (Lipinski definition) is 7. The van der Waals surface area contributed by atoms with Gasteiger partial charge in [0.05, 0.1) is 24.6 Å². The average Bonchev–Trinajstić information content (AvgIpc) is 3.36. The lowest BCUT2D eigenvalue weighted by molar-refractivity contribution is 0.0940. The summed E-state index contributed by atoms with van der Waals surface area (Å²) in [6, 6.07) is 7.72. The number of nitrogens with zero attached hydrogens (tertiary/aromatic N) is 5. The molecule has 0 aliphatic carbocycles. The lowest BCUT2D eigenvalue weighted by atomic mass is 10.3. The minimum absolute atomic E-state index is 0.198. The number of morpholine rings is 1. The SMILES string of the molecule is Cc1cc(N2CCOCC2)nc(CNC(=O)c2cc(-c3cccs3)nn2C)n1. The lowest BCUT2D eigenvalue weighted by Gasteiger charge is -2.28. The number of hydrogen-bond donors (Lipinski definition) is 1. The summed E-state index contributed by atoms with van der Waals surface area (Å²) in [6.07, 6.45) is 0. The third kappa shape index (κ3) is 4.05. The molecule has 3 aromatic rings. The summed E-state index contributed by atoms with van der Waals surface area (Å²) in [5.74, 6) is 1.27. The van der Waals surface area contributed by atoms with Crippen LogP contribution in [0.3, 0.4) is 0 Å². The molecule has 146 valence electrons. The van der Waals surface area contributed by atoms with Crippen LogP contribution < -0.4 is 10.2 Å². The van der Waals surface area contributed by atoms with Gasteiger partial charge in [-0.2, -0.15) is 5.10 Å². The van der Waals surface area contributed by atoms with E-state index >= 15 is 0 Å². The molecule has 28 heavy (non-hydrogen) atoms. The number of thiophene rings is 1. The monoisotopic (exact) mass is 398 g/mol. The van der Waals surface area contributed by atoms with E-state index in [4.69, 9.17) is 4.74 Å². The molecule has 1 saturated heterocycles. The molecule has 3 aromatic heterocycles. The highest BCUT2D eigenvalue weighted by Crippen LogP contribution is 2.23. The Kier molecular flexibility index (Phi) is 5.36. The second-order valence-electron chi connectivity index (χ2n) is 6.58. The molecule has 0 unspecified atom stereocenters. The predicted molar refractivity (Wildman–Crippen MR) is 107 cm³/mol. The van der Waals surface area contributed by atoms with Gasteiger partial charge < -0.3 is 15.0 Å². The summed E-state index contributed by atoms with van der Waals surface area (Å²) in [7, 11) is 1.77. The second-order valence-corrected chi connectivity index (χ2v) is 7.53. The molecule has 1 amide bonds. The van der Waals surface area contributed by atoms with E-state index in [9.17, 15) is 4.79 Å². The first-order valence-electron chi connectivity index (χ1n) is 9.13. The van der Waals surface area contributed by atoms with Crippen molar-refractivity contribution in [3.05, 3.63) is 46.9 Å². The third-order valence-corrected chi connectivity index (χ3v) is 5.41. The molecular formula is C19H22N6O2S. The van der Waals surface area contributed by atoms with Crippen LogP contribution in [0.4, 0.5) is 5.82 Å². The number of amides is 1. The van der Waals surface area contributed by atoms with Gasteiger partial charge >= 0.3 is 0 Å². The smallest absolute Gasteiger partial charge is 0.269 e. The van der Waals surface area contributed by atoms with Gasteiger partial charge in [-0.25, -0.2) is 9.97 Å². The molecule has 1 aliphatic heterocycles. The zero-order valence-corrected chi connectivity index (χ0v) is 16.7. The highest BCUT2D eigenvalue weighted by Gasteiger charge is 2.17. The van der Waals surface area contributed by atoms with Crippen LogP contribution in [-0.2, 0) is 18.3 Å². The van der Waals surface area contributed by atoms with Gasteiger partial charge in [-0.1, -0.05) is 6.07 Å². The molecule has 4 heterocycles. The van der Waals surface area contributed by atoms with Crippen molar-refractivity contribution in [3.63, 3.8) is 0 Å². The van der Waals surface area contributed by atoms with E-state index < -0.39 is 0 Å². The zero-order chi connectivity index (χ0) is 19.5. The van der Waals surface area contributed by atoms with Gasteiger partial charge in [0.2, 0.25) is 0 Å². The Morgan fingerprint density at radius 2 is 2.11 bits per heavy atom. The second kappa shape index (κ2) is 8.07. The number of aryl methyl sites for hydroxylation is 2. The van der Waals surface area contributed by atoms with Crippen molar-refractivity contribution in [1.29, 1.82) is 0 Å². The number of aromatic nitrogens is 4. The molecule has 0 spiro atoms. The fraction of sp³-hybridized carbons (Fsp3) is 0.368. The average molecular weight is 398 g/mol. The molecule has 8 nitrogen and oxygen atoms in total. The summed E-state index contributed by atoms with van der Waals surface area (Å²) in [4.78, 5) is 24.9. The van der Waals surface area contributed by atoms with Crippen molar-refractivity contribution in [1.82, 2.24) is 25.1 Å². The van der Waals surface area contributed by atoms with Gasteiger partial charge in [-0.3, -0.25) is 9.48 Å². The van der Waals surface area contributed by atoms with E-state index in [-0.39, 0.29) is 12.5 Å². The van der Waals surface area contributed by atoms with Crippen molar-refractivity contribution in [2.24, 2.45) is 7.05 Å².